The van der Waals surface area contributed by atoms with Gasteiger partial charge in [0.25, 0.3) is 0 Å². The maximum atomic E-state index is 12.2. The zero-order chi connectivity index (χ0) is 27.8. The quantitative estimate of drug-likeness (QED) is 0.0715. The Bertz CT molecular complexity index is 654. The van der Waals surface area contributed by atoms with Gasteiger partial charge in [0.05, 0.1) is 6.61 Å². The smallest absolute Gasteiger partial charge is 0.462 e. The lowest BCUT2D eigenvalue weighted by molar-refractivity contribution is -0.161. The van der Waals surface area contributed by atoms with Crippen LogP contribution in [0.15, 0.2) is 0 Å². The van der Waals surface area contributed by atoms with Crippen LogP contribution in [0, 0.1) is 0 Å². The number of rotatable bonds is 25. The number of ether oxygens (including phenoxy) is 2. The summed E-state index contributed by atoms with van der Waals surface area (Å²) in [4.78, 5) is 53.0. The molecule has 0 amide bonds. The number of unbranched alkanes of at least 4 members (excludes halogenated alkanes) is 13. The van der Waals surface area contributed by atoms with Gasteiger partial charge in [0.1, 0.15) is 6.61 Å². The van der Waals surface area contributed by atoms with Crippen LogP contribution in [-0.4, -0.2) is 51.9 Å². The molecule has 0 spiro atoms. The number of hydrogen-bond donors (Lipinski definition) is 2. The number of thioether (sulfide) groups is 1. The van der Waals surface area contributed by atoms with Gasteiger partial charge in [-0.2, -0.15) is 0 Å². The summed E-state index contributed by atoms with van der Waals surface area (Å²) in [6, 6.07) is 0. The van der Waals surface area contributed by atoms with E-state index < -0.39 is 32.5 Å². The fraction of sp³-hybridized carbons (Fsp3) is 0.885. The van der Waals surface area contributed by atoms with Gasteiger partial charge in [-0.15, -0.1) is 0 Å². The summed E-state index contributed by atoms with van der Waals surface area (Å²) in [7, 11) is -4.75. The molecule has 1 atom stereocenters. The SMILES string of the molecule is CCCCCCCCCCCC(=O)O[C@H](COC(=O)CCCCCCCCSC(C)=O)COP(=O)(O)O. The highest BCUT2D eigenvalue weighted by atomic mass is 32.2. The summed E-state index contributed by atoms with van der Waals surface area (Å²) in [5.41, 5.74) is 0. The summed E-state index contributed by atoms with van der Waals surface area (Å²) in [5.74, 6) is -0.104. The van der Waals surface area contributed by atoms with Gasteiger partial charge < -0.3 is 19.3 Å². The lowest BCUT2D eigenvalue weighted by Gasteiger charge is -2.18. The van der Waals surface area contributed by atoms with E-state index in [1.54, 1.807) is 6.92 Å². The minimum atomic E-state index is -4.75. The first kappa shape index (κ1) is 36.1. The minimum absolute atomic E-state index is 0.141. The molecule has 0 fully saturated rings. The molecule has 218 valence electrons. The highest BCUT2D eigenvalue weighted by molar-refractivity contribution is 8.13. The molecular formula is C26H49O9PS. The van der Waals surface area contributed by atoms with E-state index in [-0.39, 0.29) is 24.6 Å². The lowest BCUT2D eigenvalue weighted by Crippen LogP contribution is -2.29. The Kier molecular flexibility index (Phi) is 23.5. The average Bonchev–Trinajstić information content (AvgIpc) is 2.82. The van der Waals surface area contributed by atoms with Crippen LogP contribution in [0.5, 0.6) is 0 Å². The number of carbonyl (C=O) groups is 3. The minimum Gasteiger partial charge on any atom is -0.462 e. The molecule has 0 saturated heterocycles. The second-order valence-corrected chi connectivity index (χ2v) is 11.9. The van der Waals surface area contributed by atoms with E-state index in [1.807, 2.05) is 0 Å². The van der Waals surface area contributed by atoms with Gasteiger partial charge in [-0.1, -0.05) is 95.7 Å². The van der Waals surface area contributed by atoms with Gasteiger partial charge in [0.2, 0.25) is 0 Å². The molecule has 0 bridgehead atoms. The molecule has 9 nitrogen and oxygen atoms in total. The highest BCUT2D eigenvalue weighted by Crippen LogP contribution is 2.35. The van der Waals surface area contributed by atoms with Crippen LogP contribution in [0.3, 0.4) is 0 Å². The van der Waals surface area contributed by atoms with Crippen molar-refractivity contribution in [2.45, 2.75) is 129 Å². The molecule has 0 heterocycles. The van der Waals surface area contributed by atoms with Gasteiger partial charge >= 0.3 is 19.8 Å². The maximum Gasteiger partial charge on any atom is 0.469 e. The fourth-order valence-electron chi connectivity index (χ4n) is 3.67. The van der Waals surface area contributed by atoms with Crippen LogP contribution in [0.25, 0.3) is 0 Å². The molecular weight excluding hydrogens is 519 g/mol. The molecule has 37 heavy (non-hydrogen) atoms. The fourth-order valence-corrected chi connectivity index (χ4v) is 4.67. The van der Waals surface area contributed by atoms with Gasteiger partial charge in [0, 0.05) is 25.5 Å². The first-order chi connectivity index (χ1) is 17.6. The van der Waals surface area contributed by atoms with Gasteiger partial charge in [-0.25, -0.2) is 4.57 Å². The molecule has 0 aliphatic rings. The Morgan fingerprint density at radius 1 is 0.730 bits per heavy atom. The first-order valence-corrected chi connectivity index (χ1v) is 16.3. The van der Waals surface area contributed by atoms with Crippen molar-refractivity contribution in [3.05, 3.63) is 0 Å². The molecule has 0 aliphatic heterocycles. The van der Waals surface area contributed by atoms with E-state index in [1.165, 1.54) is 43.9 Å². The predicted molar refractivity (Wildman–Crippen MR) is 146 cm³/mol. The molecule has 0 unspecified atom stereocenters. The summed E-state index contributed by atoms with van der Waals surface area (Å²) < 4.78 is 25.9. The van der Waals surface area contributed by atoms with Crippen LogP contribution < -0.4 is 0 Å². The summed E-state index contributed by atoms with van der Waals surface area (Å²) in [5, 5.41) is 0.141. The Morgan fingerprint density at radius 3 is 1.73 bits per heavy atom. The van der Waals surface area contributed by atoms with E-state index in [0.717, 1.165) is 57.1 Å². The van der Waals surface area contributed by atoms with E-state index in [4.69, 9.17) is 19.3 Å². The van der Waals surface area contributed by atoms with Crippen molar-refractivity contribution in [1.82, 2.24) is 0 Å². The van der Waals surface area contributed by atoms with Crippen molar-refractivity contribution in [3.8, 4) is 0 Å². The standard InChI is InChI=1S/C26H49O9PS/c1-3-4-5-6-7-8-9-13-16-19-26(29)35-24(22-34-36(30,31)32)21-33-25(28)18-15-12-10-11-14-17-20-37-23(2)27/h24H,3-22H2,1-2H3,(H2,30,31,32)/t24-/m1/s1. The molecule has 0 radical (unpaired) electrons. The van der Waals surface area contributed by atoms with E-state index >= 15 is 0 Å². The molecule has 0 aromatic heterocycles. The van der Waals surface area contributed by atoms with Crippen molar-refractivity contribution < 1.29 is 42.7 Å². The van der Waals surface area contributed by atoms with Crippen LogP contribution in [0.1, 0.15) is 123 Å². The molecule has 0 saturated carbocycles. The maximum absolute atomic E-state index is 12.2. The number of phosphoric acid groups is 1. The molecule has 0 aromatic rings. The molecule has 0 aliphatic carbocycles. The van der Waals surface area contributed by atoms with Gasteiger partial charge in [-0.05, 0) is 19.3 Å². The van der Waals surface area contributed by atoms with Crippen molar-refractivity contribution in [2.75, 3.05) is 19.0 Å². The van der Waals surface area contributed by atoms with Crippen molar-refractivity contribution in [3.63, 3.8) is 0 Å². The van der Waals surface area contributed by atoms with Crippen molar-refractivity contribution >= 4 is 36.6 Å². The second-order valence-electron chi connectivity index (χ2n) is 9.37. The molecule has 2 N–H and O–H groups in total. The zero-order valence-electron chi connectivity index (χ0n) is 22.8. The number of esters is 2. The molecule has 0 rings (SSSR count). The normalized spacial score (nSPS) is 12.3. The topological polar surface area (TPSA) is 136 Å². The predicted octanol–water partition coefficient (Wildman–Crippen LogP) is 6.48. The first-order valence-electron chi connectivity index (χ1n) is 13.8. The summed E-state index contributed by atoms with van der Waals surface area (Å²) >= 11 is 1.34. The molecule has 11 heteroatoms. The Balaban J connectivity index is 4.09. The van der Waals surface area contributed by atoms with Gasteiger partial charge in [0.15, 0.2) is 11.2 Å². The van der Waals surface area contributed by atoms with Crippen LogP contribution >= 0.6 is 19.6 Å². The monoisotopic (exact) mass is 568 g/mol. The van der Waals surface area contributed by atoms with E-state index in [0.29, 0.717) is 12.8 Å². The summed E-state index contributed by atoms with van der Waals surface area (Å²) in [6.07, 6.45) is 15.0. The Hall–Kier alpha value is -0.930. The average molecular weight is 569 g/mol. The van der Waals surface area contributed by atoms with Crippen LogP contribution in [-0.2, 0) is 32.9 Å². The third kappa shape index (κ3) is 27.9. The Morgan fingerprint density at radius 2 is 1.22 bits per heavy atom. The van der Waals surface area contributed by atoms with Crippen molar-refractivity contribution in [1.29, 1.82) is 0 Å². The molecule has 0 aromatic carbocycles. The van der Waals surface area contributed by atoms with Crippen LogP contribution in [0.2, 0.25) is 0 Å². The number of carbonyl (C=O) groups excluding carboxylic acids is 3. The highest BCUT2D eigenvalue weighted by Gasteiger charge is 2.22. The van der Waals surface area contributed by atoms with E-state index in [9.17, 15) is 18.9 Å². The van der Waals surface area contributed by atoms with E-state index in [2.05, 4.69) is 11.4 Å². The zero-order valence-corrected chi connectivity index (χ0v) is 24.5. The second kappa shape index (κ2) is 24.1. The third-order valence-corrected chi connectivity index (χ3v) is 7.11. The number of phosphoric ester groups is 1. The van der Waals surface area contributed by atoms with Crippen molar-refractivity contribution in [2.24, 2.45) is 0 Å². The Labute approximate surface area is 227 Å². The number of hydrogen-bond acceptors (Lipinski definition) is 8. The van der Waals surface area contributed by atoms with Gasteiger partial charge in [-0.3, -0.25) is 18.9 Å². The largest absolute Gasteiger partial charge is 0.469 e. The lowest BCUT2D eigenvalue weighted by atomic mass is 10.1. The van der Waals surface area contributed by atoms with Crippen LogP contribution in [0.4, 0.5) is 0 Å². The summed E-state index contributed by atoms with van der Waals surface area (Å²) in [6.45, 7) is 2.90. The third-order valence-electron chi connectivity index (χ3n) is 5.72.